The molecule has 0 atom stereocenters. The number of rotatable bonds is 5. The van der Waals surface area contributed by atoms with Crippen LogP contribution in [0, 0.1) is 0 Å². The highest BCUT2D eigenvalue weighted by Gasteiger charge is 2.01. The molecular formula is C15H19N3. The van der Waals surface area contributed by atoms with E-state index in [-0.39, 0.29) is 0 Å². The zero-order valence-corrected chi connectivity index (χ0v) is 10.7. The maximum atomic E-state index is 5.67. The Balaban J connectivity index is 1.82. The number of pyridine rings is 1. The van der Waals surface area contributed by atoms with Gasteiger partial charge >= 0.3 is 0 Å². The van der Waals surface area contributed by atoms with Gasteiger partial charge in [-0.15, -0.1) is 0 Å². The third-order valence-corrected chi connectivity index (χ3v) is 2.94. The minimum atomic E-state index is 0.816. The predicted molar refractivity (Wildman–Crippen MR) is 75.1 cm³/mol. The van der Waals surface area contributed by atoms with Gasteiger partial charge in [0.05, 0.1) is 0 Å². The van der Waals surface area contributed by atoms with Crippen LogP contribution >= 0.6 is 0 Å². The van der Waals surface area contributed by atoms with Crippen LogP contribution in [-0.4, -0.2) is 23.5 Å². The first-order chi connectivity index (χ1) is 8.74. The maximum Gasteiger partial charge on any atom is 0.0314 e. The third kappa shape index (κ3) is 3.86. The van der Waals surface area contributed by atoms with Crippen molar-refractivity contribution < 1.29 is 0 Å². The van der Waals surface area contributed by atoms with Gasteiger partial charge in [-0.05, 0) is 42.8 Å². The summed E-state index contributed by atoms with van der Waals surface area (Å²) >= 11 is 0. The minimum Gasteiger partial charge on any atom is -0.399 e. The first-order valence-electron chi connectivity index (χ1n) is 6.16. The van der Waals surface area contributed by atoms with Gasteiger partial charge in [0.2, 0.25) is 0 Å². The number of benzene rings is 1. The van der Waals surface area contributed by atoms with Crippen molar-refractivity contribution in [1.29, 1.82) is 0 Å². The Labute approximate surface area is 108 Å². The molecule has 2 aromatic rings. The molecule has 0 saturated carbocycles. The van der Waals surface area contributed by atoms with Crippen molar-refractivity contribution in [2.75, 3.05) is 19.3 Å². The number of anilines is 1. The zero-order valence-electron chi connectivity index (χ0n) is 10.7. The highest BCUT2D eigenvalue weighted by atomic mass is 15.1. The summed E-state index contributed by atoms with van der Waals surface area (Å²) in [7, 11) is 2.13. The monoisotopic (exact) mass is 241 g/mol. The van der Waals surface area contributed by atoms with Gasteiger partial charge in [0, 0.05) is 31.2 Å². The molecule has 3 heteroatoms. The van der Waals surface area contributed by atoms with Crippen molar-refractivity contribution >= 4 is 5.69 Å². The fourth-order valence-electron chi connectivity index (χ4n) is 1.88. The number of hydrogen-bond acceptors (Lipinski definition) is 3. The summed E-state index contributed by atoms with van der Waals surface area (Å²) < 4.78 is 0. The Morgan fingerprint density at radius 2 is 1.89 bits per heavy atom. The topological polar surface area (TPSA) is 42.2 Å². The van der Waals surface area contributed by atoms with Crippen LogP contribution in [0.15, 0.2) is 48.8 Å². The number of hydrogen-bond donors (Lipinski definition) is 1. The number of aromatic nitrogens is 1. The number of nitrogen functional groups attached to an aromatic ring is 1. The molecule has 0 aliphatic heterocycles. The van der Waals surface area contributed by atoms with Crippen LogP contribution in [0.2, 0.25) is 0 Å². The fraction of sp³-hybridized carbons (Fsp3) is 0.267. The van der Waals surface area contributed by atoms with Crippen molar-refractivity contribution in [3.63, 3.8) is 0 Å². The van der Waals surface area contributed by atoms with Crippen molar-refractivity contribution in [3.8, 4) is 0 Å². The van der Waals surface area contributed by atoms with E-state index >= 15 is 0 Å². The maximum absolute atomic E-state index is 5.67. The molecule has 3 nitrogen and oxygen atoms in total. The lowest BCUT2D eigenvalue weighted by atomic mass is 10.1. The van der Waals surface area contributed by atoms with Gasteiger partial charge in [0.15, 0.2) is 0 Å². The summed E-state index contributed by atoms with van der Waals surface area (Å²) in [4.78, 5) is 6.43. The van der Waals surface area contributed by atoms with Crippen LogP contribution < -0.4 is 5.73 Å². The Hall–Kier alpha value is -1.87. The Bertz CT molecular complexity index is 465. The van der Waals surface area contributed by atoms with Gasteiger partial charge in [0.1, 0.15) is 0 Å². The normalized spacial score (nSPS) is 10.8. The van der Waals surface area contributed by atoms with Crippen LogP contribution in [0.25, 0.3) is 0 Å². The van der Waals surface area contributed by atoms with Gasteiger partial charge in [-0.3, -0.25) is 4.98 Å². The minimum absolute atomic E-state index is 0.816. The lowest BCUT2D eigenvalue weighted by Crippen LogP contribution is -2.20. The van der Waals surface area contributed by atoms with E-state index in [1.54, 1.807) is 0 Å². The van der Waals surface area contributed by atoms with Crippen LogP contribution in [0.5, 0.6) is 0 Å². The molecule has 2 N–H and O–H groups in total. The summed E-state index contributed by atoms with van der Waals surface area (Å²) in [6.07, 6.45) is 4.76. The van der Waals surface area contributed by atoms with Gasteiger partial charge in [0.25, 0.3) is 0 Å². The lowest BCUT2D eigenvalue weighted by molar-refractivity contribution is 0.331. The van der Waals surface area contributed by atoms with Crippen molar-refractivity contribution in [3.05, 3.63) is 59.9 Å². The molecule has 0 unspecified atom stereocenters. The van der Waals surface area contributed by atoms with Gasteiger partial charge in [-0.25, -0.2) is 0 Å². The molecule has 1 aromatic carbocycles. The Kier molecular flexibility index (Phi) is 4.31. The molecule has 0 bridgehead atoms. The number of nitrogens with zero attached hydrogens (tertiary/aromatic N) is 2. The van der Waals surface area contributed by atoms with Gasteiger partial charge < -0.3 is 10.6 Å². The van der Waals surface area contributed by atoms with E-state index in [2.05, 4.69) is 35.1 Å². The van der Waals surface area contributed by atoms with E-state index in [9.17, 15) is 0 Å². The fourth-order valence-corrected chi connectivity index (χ4v) is 1.88. The summed E-state index contributed by atoms with van der Waals surface area (Å²) in [5, 5.41) is 0. The van der Waals surface area contributed by atoms with Crippen LogP contribution in [0.3, 0.4) is 0 Å². The van der Waals surface area contributed by atoms with E-state index in [1.807, 2.05) is 30.6 Å². The highest BCUT2D eigenvalue weighted by Crippen LogP contribution is 2.08. The van der Waals surface area contributed by atoms with Crippen LogP contribution in [0.4, 0.5) is 5.69 Å². The van der Waals surface area contributed by atoms with Crippen molar-refractivity contribution in [1.82, 2.24) is 9.88 Å². The quantitative estimate of drug-likeness (QED) is 0.817. The van der Waals surface area contributed by atoms with E-state index < -0.39 is 0 Å². The molecule has 94 valence electrons. The summed E-state index contributed by atoms with van der Waals surface area (Å²) in [6.45, 7) is 1.97. The molecule has 0 spiro atoms. The predicted octanol–water partition coefficient (Wildman–Crippen LogP) is 2.34. The van der Waals surface area contributed by atoms with E-state index in [0.717, 1.165) is 25.2 Å². The average molecular weight is 241 g/mol. The molecule has 2 rings (SSSR count). The third-order valence-electron chi connectivity index (χ3n) is 2.94. The van der Waals surface area contributed by atoms with Crippen molar-refractivity contribution in [2.24, 2.45) is 0 Å². The second-order valence-corrected chi connectivity index (χ2v) is 4.59. The first-order valence-corrected chi connectivity index (χ1v) is 6.16. The van der Waals surface area contributed by atoms with E-state index in [1.165, 1.54) is 11.1 Å². The molecule has 0 aliphatic rings. The average Bonchev–Trinajstić information content (AvgIpc) is 2.40. The van der Waals surface area contributed by atoms with Crippen molar-refractivity contribution in [2.45, 2.75) is 13.0 Å². The lowest BCUT2D eigenvalue weighted by Gasteiger charge is -2.16. The number of nitrogens with two attached hydrogens (primary N) is 1. The summed E-state index contributed by atoms with van der Waals surface area (Å²) in [5.41, 5.74) is 9.06. The molecule has 1 heterocycles. The highest BCUT2D eigenvalue weighted by molar-refractivity contribution is 5.39. The molecule has 0 aliphatic carbocycles. The standard InChI is InChI=1S/C15H19N3/c1-18(10-8-13-3-2-9-17-11-13)12-14-4-6-15(16)7-5-14/h2-7,9,11H,8,10,12,16H2,1H3. The largest absolute Gasteiger partial charge is 0.399 e. The molecule has 0 saturated heterocycles. The first kappa shape index (κ1) is 12.6. The molecule has 18 heavy (non-hydrogen) atoms. The Morgan fingerprint density at radius 3 is 2.56 bits per heavy atom. The molecule has 0 fully saturated rings. The second kappa shape index (κ2) is 6.17. The van der Waals surface area contributed by atoms with Gasteiger partial charge in [-0.1, -0.05) is 18.2 Å². The summed E-state index contributed by atoms with van der Waals surface area (Å²) in [6, 6.07) is 12.2. The smallest absolute Gasteiger partial charge is 0.0314 e. The number of likely N-dealkylation sites (N-methyl/N-ethyl adjacent to an activating group) is 1. The SMILES string of the molecule is CN(CCc1cccnc1)Cc1ccc(N)cc1. The summed E-state index contributed by atoms with van der Waals surface area (Å²) in [5.74, 6) is 0. The zero-order chi connectivity index (χ0) is 12.8. The van der Waals surface area contributed by atoms with Crippen LogP contribution in [-0.2, 0) is 13.0 Å². The molecule has 0 amide bonds. The van der Waals surface area contributed by atoms with Gasteiger partial charge in [-0.2, -0.15) is 0 Å². The Morgan fingerprint density at radius 1 is 1.11 bits per heavy atom. The van der Waals surface area contributed by atoms with Crippen LogP contribution in [0.1, 0.15) is 11.1 Å². The van der Waals surface area contributed by atoms with E-state index in [0.29, 0.717) is 0 Å². The molecule has 0 radical (unpaired) electrons. The second-order valence-electron chi connectivity index (χ2n) is 4.59. The molecular weight excluding hydrogens is 222 g/mol. The molecule has 1 aromatic heterocycles. The van der Waals surface area contributed by atoms with E-state index in [4.69, 9.17) is 5.73 Å².